The Labute approximate surface area is 166 Å². The molecule has 29 heavy (non-hydrogen) atoms. The van der Waals surface area contributed by atoms with Gasteiger partial charge in [-0.15, -0.1) is 0 Å². The molecule has 1 fully saturated rings. The fourth-order valence-electron chi connectivity index (χ4n) is 3.72. The van der Waals surface area contributed by atoms with E-state index < -0.39 is 36.3 Å². The second kappa shape index (κ2) is 8.38. The minimum absolute atomic E-state index is 0.0196. The Morgan fingerprint density at radius 2 is 2.07 bits per heavy atom. The van der Waals surface area contributed by atoms with Crippen LogP contribution in [0.25, 0.3) is 21.2 Å². The molecule has 1 saturated heterocycles. The van der Waals surface area contributed by atoms with E-state index in [2.05, 4.69) is 10.0 Å². The van der Waals surface area contributed by atoms with Crippen LogP contribution < -0.4 is 0 Å². The van der Waals surface area contributed by atoms with Gasteiger partial charge in [0.05, 0.1) is 30.9 Å². The van der Waals surface area contributed by atoms with Gasteiger partial charge in [0.25, 0.3) is 0 Å². The monoisotopic (exact) mass is 399 g/mol. The van der Waals surface area contributed by atoms with Gasteiger partial charge in [-0.25, -0.2) is 4.79 Å². The minimum Gasteiger partial charge on any atom is -0.508 e. The summed E-state index contributed by atoms with van der Waals surface area (Å²) in [6.45, 7) is 3.00. The quantitative estimate of drug-likeness (QED) is 0.360. The van der Waals surface area contributed by atoms with E-state index in [1.165, 1.54) is 20.1 Å². The summed E-state index contributed by atoms with van der Waals surface area (Å²) in [6, 6.07) is 7.55. The Morgan fingerprint density at radius 1 is 1.31 bits per heavy atom. The van der Waals surface area contributed by atoms with Crippen LogP contribution in [-0.2, 0) is 19.0 Å². The average molecular weight is 399 g/mol. The lowest BCUT2D eigenvalue weighted by Crippen LogP contribution is -2.45. The molecule has 4 atom stereocenters. The predicted octanol–water partition coefficient (Wildman–Crippen LogP) is 3.79. The maximum Gasteiger partial charge on any atom is 0.337 e. The van der Waals surface area contributed by atoms with Crippen LogP contribution in [0.2, 0.25) is 0 Å². The van der Waals surface area contributed by atoms with Gasteiger partial charge in [-0.1, -0.05) is 17.2 Å². The highest BCUT2D eigenvalue weighted by atomic mass is 16.6. The zero-order chi connectivity index (χ0) is 21.1. The first kappa shape index (κ1) is 20.4. The van der Waals surface area contributed by atoms with Crippen molar-refractivity contribution in [3.8, 4) is 5.75 Å². The van der Waals surface area contributed by atoms with Crippen molar-refractivity contribution in [2.24, 2.45) is 5.11 Å². The van der Waals surface area contributed by atoms with E-state index in [4.69, 9.17) is 19.7 Å². The standard InChI is InChI=1S/C20H21N3O6/c1-10-19(29-11(2)24)15(22-23-21)9-17(28-10)18-14-6-4-13(20(26)27-3)8-12(14)5-7-16(18)25/h4-8,10,15,17,19,25H,9H2,1-3H3/t10?,15-,17-,19?/m1/s1. The van der Waals surface area contributed by atoms with Gasteiger partial charge < -0.3 is 19.3 Å². The van der Waals surface area contributed by atoms with E-state index in [0.29, 0.717) is 16.5 Å². The van der Waals surface area contributed by atoms with Crippen molar-refractivity contribution in [1.82, 2.24) is 0 Å². The van der Waals surface area contributed by atoms with E-state index in [-0.39, 0.29) is 12.2 Å². The molecule has 1 heterocycles. The summed E-state index contributed by atoms with van der Waals surface area (Å²) < 4.78 is 16.1. The lowest BCUT2D eigenvalue weighted by atomic mass is 9.89. The molecule has 1 N–H and O–H groups in total. The predicted molar refractivity (Wildman–Crippen MR) is 103 cm³/mol. The molecule has 0 amide bonds. The molecule has 1 aliphatic heterocycles. The highest BCUT2D eigenvalue weighted by molar-refractivity contribution is 5.97. The number of rotatable bonds is 4. The van der Waals surface area contributed by atoms with E-state index in [1.54, 1.807) is 31.2 Å². The zero-order valence-electron chi connectivity index (χ0n) is 16.2. The van der Waals surface area contributed by atoms with Crippen molar-refractivity contribution in [3.63, 3.8) is 0 Å². The van der Waals surface area contributed by atoms with Crippen LogP contribution in [0.3, 0.4) is 0 Å². The number of aromatic hydroxyl groups is 1. The van der Waals surface area contributed by atoms with Gasteiger partial charge in [0.2, 0.25) is 0 Å². The third-order valence-corrected chi connectivity index (χ3v) is 4.96. The number of carbonyl (C=O) groups is 2. The molecule has 152 valence electrons. The maximum absolute atomic E-state index is 11.8. The Hall–Kier alpha value is -3.29. The summed E-state index contributed by atoms with van der Waals surface area (Å²) >= 11 is 0. The molecule has 0 aliphatic carbocycles. The summed E-state index contributed by atoms with van der Waals surface area (Å²) in [5.41, 5.74) is 9.83. The van der Waals surface area contributed by atoms with Crippen molar-refractivity contribution in [2.45, 2.75) is 44.6 Å². The van der Waals surface area contributed by atoms with Crippen LogP contribution >= 0.6 is 0 Å². The van der Waals surface area contributed by atoms with Crippen LogP contribution in [-0.4, -0.2) is 42.4 Å². The van der Waals surface area contributed by atoms with Crippen molar-refractivity contribution in [2.75, 3.05) is 7.11 Å². The fourth-order valence-corrected chi connectivity index (χ4v) is 3.72. The number of hydrogen-bond acceptors (Lipinski definition) is 7. The first-order chi connectivity index (χ1) is 13.8. The molecule has 9 nitrogen and oxygen atoms in total. The van der Waals surface area contributed by atoms with Gasteiger partial charge in [0.15, 0.2) is 0 Å². The maximum atomic E-state index is 11.8. The number of benzene rings is 2. The van der Waals surface area contributed by atoms with Gasteiger partial charge in [-0.05, 0) is 47.8 Å². The van der Waals surface area contributed by atoms with Crippen molar-refractivity contribution in [3.05, 3.63) is 51.9 Å². The summed E-state index contributed by atoms with van der Waals surface area (Å²) in [4.78, 5) is 26.1. The van der Waals surface area contributed by atoms with Gasteiger partial charge in [0, 0.05) is 17.4 Å². The molecule has 0 bridgehead atoms. The molecule has 2 aromatic carbocycles. The highest BCUT2D eigenvalue weighted by Crippen LogP contribution is 2.41. The average Bonchev–Trinajstić information content (AvgIpc) is 2.69. The van der Waals surface area contributed by atoms with Crippen LogP contribution in [0, 0.1) is 0 Å². The Balaban J connectivity index is 2.03. The lowest BCUT2D eigenvalue weighted by molar-refractivity contribution is -0.171. The van der Waals surface area contributed by atoms with E-state index >= 15 is 0 Å². The molecular weight excluding hydrogens is 378 g/mol. The Bertz CT molecular complexity index is 1000. The summed E-state index contributed by atoms with van der Waals surface area (Å²) in [5.74, 6) is -0.937. The largest absolute Gasteiger partial charge is 0.508 e. The van der Waals surface area contributed by atoms with Crippen LogP contribution in [0.1, 0.15) is 42.3 Å². The molecule has 1 aliphatic rings. The first-order valence-electron chi connectivity index (χ1n) is 9.06. The molecule has 0 aromatic heterocycles. The van der Waals surface area contributed by atoms with Gasteiger partial charge in [-0.3, -0.25) is 4.79 Å². The number of phenols is 1. The molecule has 0 saturated carbocycles. The smallest absolute Gasteiger partial charge is 0.337 e. The Morgan fingerprint density at radius 3 is 2.72 bits per heavy atom. The second-order valence-electron chi connectivity index (χ2n) is 6.84. The third kappa shape index (κ3) is 4.11. The van der Waals surface area contributed by atoms with Crippen LogP contribution in [0.5, 0.6) is 5.75 Å². The normalized spacial score (nSPS) is 23.8. The van der Waals surface area contributed by atoms with E-state index in [0.717, 1.165) is 5.39 Å². The van der Waals surface area contributed by atoms with Gasteiger partial charge in [0.1, 0.15) is 11.9 Å². The summed E-state index contributed by atoms with van der Waals surface area (Å²) in [6.07, 6.45) is -1.66. The number of nitrogens with zero attached hydrogens (tertiary/aromatic N) is 3. The van der Waals surface area contributed by atoms with Crippen molar-refractivity contribution >= 4 is 22.7 Å². The molecule has 3 rings (SSSR count). The summed E-state index contributed by atoms with van der Waals surface area (Å²) in [5, 5.41) is 15.7. The highest BCUT2D eigenvalue weighted by Gasteiger charge is 2.40. The number of azide groups is 1. The number of esters is 2. The molecule has 0 radical (unpaired) electrons. The number of methoxy groups -OCH3 is 1. The topological polar surface area (TPSA) is 131 Å². The Kier molecular flexibility index (Phi) is 5.91. The van der Waals surface area contributed by atoms with Crippen molar-refractivity contribution < 1.29 is 28.9 Å². The van der Waals surface area contributed by atoms with E-state index in [9.17, 15) is 14.7 Å². The third-order valence-electron chi connectivity index (χ3n) is 4.96. The number of fused-ring (bicyclic) bond motifs is 1. The number of ether oxygens (including phenoxy) is 3. The molecule has 2 aromatic rings. The second-order valence-corrected chi connectivity index (χ2v) is 6.84. The number of carbonyl (C=O) groups excluding carboxylic acids is 2. The summed E-state index contributed by atoms with van der Waals surface area (Å²) in [7, 11) is 1.31. The SMILES string of the molecule is COC(=O)c1ccc2c([C@H]3C[C@@H](N=[N+]=[N-])C(OC(C)=O)C(C)O3)c(O)ccc2c1. The molecule has 9 heteroatoms. The van der Waals surface area contributed by atoms with Crippen LogP contribution in [0.4, 0.5) is 0 Å². The van der Waals surface area contributed by atoms with Gasteiger partial charge in [-0.2, -0.15) is 0 Å². The van der Waals surface area contributed by atoms with Crippen LogP contribution in [0.15, 0.2) is 35.4 Å². The minimum atomic E-state index is -0.720. The lowest BCUT2D eigenvalue weighted by Gasteiger charge is -2.38. The molecule has 0 spiro atoms. The number of phenolic OH excluding ortho intramolecular Hbond substituents is 1. The fraction of sp³-hybridized carbons (Fsp3) is 0.400. The number of hydrogen-bond donors (Lipinski definition) is 1. The van der Waals surface area contributed by atoms with Gasteiger partial charge >= 0.3 is 11.9 Å². The molecular formula is C20H21N3O6. The first-order valence-corrected chi connectivity index (χ1v) is 9.06. The molecule has 2 unspecified atom stereocenters. The van der Waals surface area contributed by atoms with Crippen molar-refractivity contribution in [1.29, 1.82) is 0 Å². The van der Waals surface area contributed by atoms with E-state index in [1.807, 2.05) is 0 Å². The zero-order valence-corrected chi connectivity index (χ0v) is 16.2.